The standard InChI is InChI=1S/C9H12BrNOS/c10-9-2-1-8(13-9)6-11-4-3-7(12)5-11/h1-2,7,12H,3-6H2/t7-/m1/s1. The highest BCUT2D eigenvalue weighted by molar-refractivity contribution is 9.11. The maximum absolute atomic E-state index is 9.34. The molecule has 0 aromatic carbocycles. The van der Waals surface area contributed by atoms with Crippen molar-refractivity contribution in [2.75, 3.05) is 13.1 Å². The van der Waals surface area contributed by atoms with E-state index in [1.807, 2.05) is 0 Å². The lowest BCUT2D eigenvalue weighted by Crippen LogP contribution is -2.20. The van der Waals surface area contributed by atoms with Gasteiger partial charge >= 0.3 is 0 Å². The van der Waals surface area contributed by atoms with Crippen molar-refractivity contribution >= 4 is 27.3 Å². The molecule has 4 heteroatoms. The number of rotatable bonds is 2. The first-order valence-corrected chi connectivity index (χ1v) is 5.99. The van der Waals surface area contributed by atoms with Gasteiger partial charge in [-0.1, -0.05) is 0 Å². The van der Waals surface area contributed by atoms with Crippen molar-refractivity contribution in [3.8, 4) is 0 Å². The highest BCUT2D eigenvalue weighted by atomic mass is 79.9. The van der Waals surface area contributed by atoms with Crippen LogP contribution in [0, 0.1) is 0 Å². The van der Waals surface area contributed by atoms with E-state index in [1.165, 1.54) is 8.66 Å². The van der Waals surface area contributed by atoms with Crippen molar-refractivity contribution in [2.45, 2.75) is 19.1 Å². The molecule has 1 atom stereocenters. The van der Waals surface area contributed by atoms with Crippen LogP contribution in [0.2, 0.25) is 0 Å². The van der Waals surface area contributed by atoms with Crippen LogP contribution < -0.4 is 0 Å². The number of likely N-dealkylation sites (tertiary alicyclic amines) is 1. The Balaban J connectivity index is 1.91. The van der Waals surface area contributed by atoms with Crippen LogP contribution in [0.4, 0.5) is 0 Å². The summed E-state index contributed by atoms with van der Waals surface area (Å²) in [5, 5.41) is 9.34. The van der Waals surface area contributed by atoms with Gasteiger partial charge < -0.3 is 5.11 Å². The van der Waals surface area contributed by atoms with E-state index in [2.05, 4.69) is 33.0 Å². The van der Waals surface area contributed by atoms with Crippen LogP contribution in [-0.4, -0.2) is 29.2 Å². The van der Waals surface area contributed by atoms with Crippen LogP contribution in [0.1, 0.15) is 11.3 Å². The molecule has 1 aromatic rings. The molecule has 2 rings (SSSR count). The molecule has 0 saturated carbocycles. The van der Waals surface area contributed by atoms with Crippen molar-refractivity contribution in [3.63, 3.8) is 0 Å². The largest absolute Gasteiger partial charge is 0.392 e. The fourth-order valence-electron chi connectivity index (χ4n) is 1.61. The predicted molar refractivity (Wildman–Crippen MR) is 57.9 cm³/mol. The molecule has 0 unspecified atom stereocenters. The Hall–Kier alpha value is 0.1000. The molecule has 0 amide bonds. The molecule has 1 N–H and O–H groups in total. The van der Waals surface area contributed by atoms with E-state index < -0.39 is 0 Å². The lowest BCUT2D eigenvalue weighted by molar-refractivity contribution is 0.175. The van der Waals surface area contributed by atoms with Gasteiger partial charge in [0.05, 0.1) is 9.89 Å². The Kier molecular flexibility index (Phi) is 3.03. The van der Waals surface area contributed by atoms with Gasteiger partial charge in [0.25, 0.3) is 0 Å². The summed E-state index contributed by atoms with van der Waals surface area (Å²) in [6.45, 7) is 2.83. The number of halogens is 1. The van der Waals surface area contributed by atoms with E-state index in [-0.39, 0.29) is 6.10 Å². The molecule has 1 aliphatic rings. The summed E-state index contributed by atoms with van der Waals surface area (Å²) in [7, 11) is 0. The summed E-state index contributed by atoms with van der Waals surface area (Å²) in [5.74, 6) is 0. The molecule has 13 heavy (non-hydrogen) atoms. The van der Waals surface area contributed by atoms with Crippen molar-refractivity contribution in [3.05, 3.63) is 20.8 Å². The summed E-state index contributed by atoms with van der Waals surface area (Å²) in [6, 6.07) is 4.21. The molecule has 1 fully saturated rings. The van der Waals surface area contributed by atoms with E-state index >= 15 is 0 Å². The normalized spacial score (nSPS) is 24.0. The lowest BCUT2D eigenvalue weighted by Gasteiger charge is -2.12. The number of hydrogen-bond acceptors (Lipinski definition) is 3. The van der Waals surface area contributed by atoms with Gasteiger partial charge in [0.2, 0.25) is 0 Å². The summed E-state index contributed by atoms with van der Waals surface area (Å²) < 4.78 is 1.18. The van der Waals surface area contributed by atoms with Gasteiger partial charge in [0.15, 0.2) is 0 Å². The van der Waals surface area contributed by atoms with Crippen LogP contribution in [0.15, 0.2) is 15.9 Å². The minimum Gasteiger partial charge on any atom is -0.392 e. The molecule has 72 valence electrons. The highest BCUT2D eigenvalue weighted by Crippen LogP contribution is 2.24. The second-order valence-corrected chi connectivity index (χ2v) is 5.93. The van der Waals surface area contributed by atoms with Gasteiger partial charge in [-0.05, 0) is 34.5 Å². The van der Waals surface area contributed by atoms with E-state index in [9.17, 15) is 5.11 Å². The van der Waals surface area contributed by atoms with E-state index in [4.69, 9.17) is 0 Å². The molecule has 1 aromatic heterocycles. The third-order valence-corrected chi connectivity index (χ3v) is 3.86. The molecule has 0 radical (unpaired) electrons. The fourth-order valence-corrected chi connectivity index (χ4v) is 3.14. The zero-order valence-electron chi connectivity index (χ0n) is 7.24. The number of thiophene rings is 1. The summed E-state index contributed by atoms with van der Waals surface area (Å²) >= 11 is 5.21. The summed E-state index contributed by atoms with van der Waals surface area (Å²) in [6.07, 6.45) is 0.815. The maximum Gasteiger partial charge on any atom is 0.0701 e. The van der Waals surface area contributed by atoms with Gasteiger partial charge in [-0.25, -0.2) is 0 Å². The molecular formula is C9H12BrNOS. The SMILES string of the molecule is O[C@@H]1CCN(Cc2ccc(Br)s2)C1. The van der Waals surface area contributed by atoms with Gasteiger partial charge in [-0.15, -0.1) is 11.3 Å². The van der Waals surface area contributed by atoms with Crippen LogP contribution in [0.25, 0.3) is 0 Å². The molecule has 0 bridgehead atoms. The highest BCUT2D eigenvalue weighted by Gasteiger charge is 2.20. The number of aliphatic hydroxyl groups excluding tert-OH is 1. The van der Waals surface area contributed by atoms with Gasteiger partial charge in [0.1, 0.15) is 0 Å². The summed E-state index contributed by atoms with van der Waals surface area (Å²) in [4.78, 5) is 3.66. The fraction of sp³-hybridized carbons (Fsp3) is 0.556. The smallest absolute Gasteiger partial charge is 0.0701 e. The topological polar surface area (TPSA) is 23.5 Å². The average Bonchev–Trinajstić information content (AvgIpc) is 2.62. The maximum atomic E-state index is 9.34. The minimum atomic E-state index is -0.108. The lowest BCUT2D eigenvalue weighted by atomic mass is 10.3. The quantitative estimate of drug-likeness (QED) is 0.882. The molecule has 1 saturated heterocycles. The Bertz CT molecular complexity index is 289. The van der Waals surface area contributed by atoms with E-state index in [1.54, 1.807) is 11.3 Å². The molecule has 1 aliphatic heterocycles. The van der Waals surface area contributed by atoms with Crippen molar-refractivity contribution in [1.29, 1.82) is 0 Å². The number of nitrogens with zero attached hydrogens (tertiary/aromatic N) is 1. The second-order valence-electron chi connectivity index (χ2n) is 3.38. The molecule has 2 nitrogen and oxygen atoms in total. The van der Waals surface area contributed by atoms with E-state index in [0.717, 1.165) is 26.1 Å². The number of hydrogen-bond donors (Lipinski definition) is 1. The van der Waals surface area contributed by atoms with Crippen LogP contribution in [0.5, 0.6) is 0 Å². The Morgan fingerprint density at radius 3 is 3.00 bits per heavy atom. The first kappa shape index (κ1) is 9.65. The molecular weight excluding hydrogens is 250 g/mol. The third kappa shape index (κ3) is 2.53. The zero-order valence-corrected chi connectivity index (χ0v) is 9.64. The third-order valence-electron chi connectivity index (χ3n) is 2.26. The van der Waals surface area contributed by atoms with Crippen LogP contribution in [-0.2, 0) is 6.54 Å². The van der Waals surface area contributed by atoms with Crippen molar-refractivity contribution in [2.24, 2.45) is 0 Å². The van der Waals surface area contributed by atoms with Gasteiger partial charge in [-0.3, -0.25) is 4.90 Å². The molecule has 0 spiro atoms. The Morgan fingerprint density at radius 2 is 2.46 bits per heavy atom. The van der Waals surface area contributed by atoms with Crippen molar-refractivity contribution < 1.29 is 5.11 Å². The second kappa shape index (κ2) is 4.09. The predicted octanol–water partition coefficient (Wildman–Crippen LogP) is 2.08. The van der Waals surface area contributed by atoms with Gasteiger partial charge in [-0.2, -0.15) is 0 Å². The Labute approximate surface area is 90.3 Å². The first-order chi connectivity index (χ1) is 6.24. The Morgan fingerprint density at radius 1 is 1.62 bits per heavy atom. The molecule has 2 heterocycles. The minimum absolute atomic E-state index is 0.108. The number of β-amino-alcohol motifs (C(OH)–C–C–N with tert-alkyl or cyclic N) is 1. The van der Waals surface area contributed by atoms with Gasteiger partial charge in [0, 0.05) is 24.5 Å². The first-order valence-electron chi connectivity index (χ1n) is 4.38. The van der Waals surface area contributed by atoms with E-state index in [0.29, 0.717) is 0 Å². The number of aliphatic hydroxyl groups is 1. The molecule has 0 aliphatic carbocycles. The van der Waals surface area contributed by atoms with Crippen LogP contribution in [0.3, 0.4) is 0 Å². The monoisotopic (exact) mass is 261 g/mol. The summed E-state index contributed by atoms with van der Waals surface area (Å²) in [5.41, 5.74) is 0. The average molecular weight is 262 g/mol. The zero-order chi connectivity index (χ0) is 9.26. The van der Waals surface area contributed by atoms with Crippen LogP contribution >= 0.6 is 27.3 Å². The van der Waals surface area contributed by atoms with Crippen molar-refractivity contribution in [1.82, 2.24) is 4.90 Å².